The molecule has 6 nitrogen and oxygen atoms in total. The van der Waals surface area contributed by atoms with Crippen molar-refractivity contribution in [1.82, 2.24) is 5.32 Å². The third-order valence-electron chi connectivity index (χ3n) is 4.02. The van der Waals surface area contributed by atoms with Crippen LogP contribution in [0.4, 0.5) is 4.39 Å². The quantitative estimate of drug-likeness (QED) is 0.622. The molecule has 0 spiro atoms. The van der Waals surface area contributed by atoms with Gasteiger partial charge in [-0.15, -0.1) is 0 Å². The Morgan fingerprint density at radius 3 is 2.50 bits per heavy atom. The van der Waals surface area contributed by atoms with Crippen LogP contribution in [0.5, 0.6) is 0 Å². The molecule has 3 rings (SSSR count). The molecule has 0 radical (unpaired) electrons. The fourth-order valence-corrected chi connectivity index (χ4v) is 2.91. The highest BCUT2D eigenvalue weighted by molar-refractivity contribution is 6.43. The molecule has 2 aliphatic heterocycles. The summed E-state index contributed by atoms with van der Waals surface area (Å²) in [7, 11) is 1.22. The summed E-state index contributed by atoms with van der Waals surface area (Å²) in [6.45, 7) is 0.312. The van der Waals surface area contributed by atoms with Gasteiger partial charge in [0.05, 0.1) is 13.2 Å². The molecule has 2 heterocycles. The third kappa shape index (κ3) is 2.32. The second-order valence-corrected chi connectivity index (χ2v) is 5.29. The number of methoxy groups -OCH3 is 1. The lowest BCUT2D eigenvalue weighted by Crippen LogP contribution is -2.54. The Morgan fingerprint density at radius 2 is 1.86 bits per heavy atom. The number of halogens is 1. The number of ether oxygens (including phenoxy) is 2. The Morgan fingerprint density at radius 1 is 1.23 bits per heavy atom. The van der Waals surface area contributed by atoms with E-state index in [9.17, 15) is 18.8 Å². The van der Waals surface area contributed by atoms with E-state index >= 15 is 0 Å². The van der Waals surface area contributed by atoms with Gasteiger partial charge < -0.3 is 14.8 Å². The zero-order chi connectivity index (χ0) is 15.9. The molecule has 22 heavy (non-hydrogen) atoms. The molecule has 0 saturated carbocycles. The largest absolute Gasteiger partial charge is 0.469 e. The Bertz CT molecular complexity index is 629. The standard InChI is InChI=1S/C15H14FNO5/c1-21-15(20)9-10(14-12(19)11(18)13(9)22-14)17-6-7-2-4-8(16)5-3-7/h2-5,9-10,13-14,17H,6H2,1H3. The monoisotopic (exact) mass is 307 g/mol. The van der Waals surface area contributed by atoms with Crippen molar-refractivity contribution in [3.8, 4) is 0 Å². The molecule has 0 amide bonds. The van der Waals surface area contributed by atoms with Gasteiger partial charge in [-0.3, -0.25) is 14.4 Å². The molecule has 1 N–H and O–H groups in total. The number of hydrogen-bond acceptors (Lipinski definition) is 6. The maximum absolute atomic E-state index is 12.9. The van der Waals surface area contributed by atoms with Crippen LogP contribution in [0.1, 0.15) is 5.56 Å². The fraction of sp³-hybridized carbons (Fsp3) is 0.400. The van der Waals surface area contributed by atoms with Crippen molar-refractivity contribution >= 4 is 17.5 Å². The summed E-state index contributed by atoms with van der Waals surface area (Å²) in [6.07, 6.45) is -2.04. The molecule has 0 aliphatic carbocycles. The van der Waals surface area contributed by atoms with Crippen LogP contribution >= 0.6 is 0 Å². The first-order valence-corrected chi connectivity index (χ1v) is 6.82. The summed E-state index contributed by atoms with van der Waals surface area (Å²) in [6, 6.07) is 5.20. The van der Waals surface area contributed by atoms with Gasteiger partial charge in [0.1, 0.15) is 23.9 Å². The number of ketones is 2. The molecule has 4 unspecified atom stereocenters. The molecule has 2 aliphatic rings. The summed E-state index contributed by atoms with van der Waals surface area (Å²) in [5, 5.41) is 3.04. The van der Waals surface area contributed by atoms with Gasteiger partial charge in [-0.1, -0.05) is 12.1 Å². The molecule has 4 atom stereocenters. The molecule has 0 aromatic heterocycles. The smallest absolute Gasteiger partial charge is 0.313 e. The minimum atomic E-state index is -1.07. The SMILES string of the molecule is COC(=O)C1C2OC(C(=O)C2=O)C1NCc1ccc(F)cc1. The minimum Gasteiger partial charge on any atom is -0.469 e. The molecule has 2 saturated heterocycles. The lowest BCUT2D eigenvalue weighted by atomic mass is 9.83. The Kier molecular flexibility index (Phi) is 3.76. The van der Waals surface area contributed by atoms with Gasteiger partial charge in [0.15, 0.2) is 0 Å². The van der Waals surface area contributed by atoms with Crippen molar-refractivity contribution in [1.29, 1.82) is 0 Å². The average Bonchev–Trinajstić information content (AvgIpc) is 3.03. The molecule has 7 heteroatoms. The van der Waals surface area contributed by atoms with Gasteiger partial charge in [-0.05, 0) is 17.7 Å². The van der Waals surface area contributed by atoms with Crippen LogP contribution in [0.3, 0.4) is 0 Å². The van der Waals surface area contributed by atoms with E-state index in [0.717, 1.165) is 5.56 Å². The van der Waals surface area contributed by atoms with Crippen LogP contribution in [0.25, 0.3) is 0 Å². The molecule has 1 aromatic rings. The number of carbonyl (C=O) groups excluding carboxylic acids is 3. The van der Waals surface area contributed by atoms with E-state index in [1.807, 2.05) is 0 Å². The number of Topliss-reactive ketones (excluding diaryl/α,β-unsaturated/α-hetero) is 2. The molecule has 2 fully saturated rings. The van der Waals surface area contributed by atoms with Crippen LogP contribution in [-0.4, -0.2) is 42.9 Å². The van der Waals surface area contributed by atoms with Crippen LogP contribution < -0.4 is 5.32 Å². The van der Waals surface area contributed by atoms with Crippen molar-refractivity contribution in [2.45, 2.75) is 24.8 Å². The first-order valence-electron chi connectivity index (χ1n) is 6.82. The van der Waals surface area contributed by atoms with Crippen molar-refractivity contribution in [3.05, 3.63) is 35.6 Å². The van der Waals surface area contributed by atoms with Gasteiger partial charge in [0, 0.05) is 6.54 Å². The van der Waals surface area contributed by atoms with E-state index in [1.54, 1.807) is 12.1 Å². The number of nitrogens with one attached hydrogen (secondary N) is 1. The van der Waals surface area contributed by atoms with Crippen molar-refractivity contribution in [3.63, 3.8) is 0 Å². The number of fused-ring (bicyclic) bond motifs is 2. The third-order valence-corrected chi connectivity index (χ3v) is 4.02. The fourth-order valence-electron chi connectivity index (χ4n) is 2.91. The first-order chi connectivity index (χ1) is 10.5. The molecular weight excluding hydrogens is 293 g/mol. The van der Waals surface area contributed by atoms with Crippen LogP contribution in [0.2, 0.25) is 0 Å². The first kappa shape index (κ1) is 14.8. The van der Waals surface area contributed by atoms with Crippen molar-refractivity contribution in [2.75, 3.05) is 7.11 Å². The predicted molar refractivity (Wildman–Crippen MR) is 71.2 cm³/mol. The van der Waals surface area contributed by atoms with E-state index < -0.39 is 41.7 Å². The van der Waals surface area contributed by atoms with Crippen LogP contribution in [0, 0.1) is 11.7 Å². The van der Waals surface area contributed by atoms with Gasteiger partial charge >= 0.3 is 5.97 Å². The lowest BCUT2D eigenvalue weighted by molar-refractivity contribution is -0.151. The Hall–Kier alpha value is -2.12. The second kappa shape index (κ2) is 5.58. The summed E-state index contributed by atoms with van der Waals surface area (Å²) in [4.78, 5) is 35.3. The van der Waals surface area contributed by atoms with Gasteiger partial charge in [0.2, 0.25) is 11.6 Å². The van der Waals surface area contributed by atoms with E-state index in [4.69, 9.17) is 9.47 Å². The van der Waals surface area contributed by atoms with Crippen molar-refractivity contribution in [2.24, 2.45) is 5.92 Å². The van der Waals surface area contributed by atoms with Crippen LogP contribution in [-0.2, 0) is 30.4 Å². The summed E-state index contributed by atoms with van der Waals surface area (Å²) in [5.41, 5.74) is 0.784. The van der Waals surface area contributed by atoms with E-state index in [2.05, 4.69) is 5.32 Å². The summed E-state index contributed by atoms with van der Waals surface area (Å²) >= 11 is 0. The minimum absolute atomic E-state index is 0.312. The van der Waals surface area contributed by atoms with E-state index in [1.165, 1.54) is 19.2 Å². The topological polar surface area (TPSA) is 81.7 Å². The van der Waals surface area contributed by atoms with Gasteiger partial charge in [-0.25, -0.2) is 4.39 Å². The normalized spacial score (nSPS) is 29.9. The molecule has 116 valence electrons. The highest BCUT2D eigenvalue weighted by atomic mass is 19.1. The van der Waals surface area contributed by atoms with E-state index in [-0.39, 0.29) is 5.82 Å². The second-order valence-electron chi connectivity index (χ2n) is 5.29. The van der Waals surface area contributed by atoms with Gasteiger partial charge in [0.25, 0.3) is 0 Å². The summed E-state index contributed by atoms with van der Waals surface area (Å²) < 4.78 is 22.9. The number of carbonyl (C=O) groups is 3. The van der Waals surface area contributed by atoms with Gasteiger partial charge in [-0.2, -0.15) is 0 Å². The van der Waals surface area contributed by atoms with Crippen molar-refractivity contribution < 1.29 is 28.2 Å². The average molecular weight is 307 g/mol. The number of hydrogen-bond donors (Lipinski definition) is 1. The maximum atomic E-state index is 12.9. The summed E-state index contributed by atoms with van der Waals surface area (Å²) in [5.74, 6) is -3.09. The zero-order valence-corrected chi connectivity index (χ0v) is 11.7. The maximum Gasteiger partial charge on any atom is 0.313 e. The highest BCUT2D eigenvalue weighted by Crippen LogP contribution is 2.36. The van der Waals surface area contributed by atoms with Crippen LogP contribution in [0.15, 0.2) is 24.3 Å². The predicted octanol–water partition coefficient (Wildman–Crippen LogP) is -0.00770. The highest BCUT2D eigenvalue weighted by Gasteiger charge is 2.62. The molecule has 2 bridgehead atoms. The number of rotatable bonds is 4. The zero-order valence-electron chi connectivity index (χ0n) is 11.7. The number of esters is 1. The lowest BCUT2D eigenvalue weighted by Gasteiger charge is -2.25. The van der Waals surface area contributed by atoms with E-state index in [0.29, 0.717) is 6.54 Å². The molecular formula is C15H14FNO5. The number of benzene rings is 1. The Balaban J connectivity index is 1.76. The molecule has 1 aromatic carbocycles. The Labute approximate surface area is 125 Å².